The van der Waals surface area contributed by atoms with Crippen molar-refractivity contribution in [2.45, 2.75) is 12.3 Å². The minimum Gasteiger partial charge on any atom is -0.495 e. The average Bonchev–Trinajstić information content (AvgIpc) is 2.27. The molecule has 1 atom stereocenters. The third kappa shape index (κ3) is 1.68. The zero-order chi connectivity index (χ0) is 10.8. The molecule has 1 aromatic rings. The Bertz CT molecular complexity index is 389. The molecule has 0 aromatic heterocycles. The van der Waals surface area contributed by atoms with Crippen LogP contribution in [0.5, 0.6) is 5.75 Å². The molecule has 0 saturated carbocycles. The number of fused-ring (bicyclic) bond motifs is 1. The number of aliphatic hydroxyl groups excluding tert-OH is 1. The fraction of sp³-hybridized carbons (Fsp3) is 0.364. The van der Waals surface area contributed by atoms with Crippen LogP contribution in [0, 0.1) is 0 Å². The number of carbonyl (C=O) groups excluding carboxylic acids is 1. The number of methoxy groups -OCH3 is 1. The maximum atomic E-state index is 11.4. The second-order valence-electron chi connectivity index (χ2n) is 3.56. The fourth-order valence-corrected chi connectivity index (χ4v) is 1.88. The highest BCUT2D eigenvalue weighted by Gasteiger charge is 2.26. The molecule has 2 N–H and O–H groups in total. The second-order valence-corrected chi connectivity index (χ2v) is 3.56. The molecule has 0 fully saturated rings. The van der Waals surface area contributed by atoms with Crippen LogP contribution in [0.3, 0.4) is 0 Å². The second kappa shape index (κ2) is 3.90. The van der Waals surface area contributed by atoms with Crippen LogP contribution in [0.15, 0.2) is 18.2 Å². The van der Waals surface area contributed by atoms with Crippen molar-refractivity contribution in [1.82, 2.24) is 0 Å². The van der Waals surface area contributed by atoms with Gasteiger partial charge in [0.2, 0.25) is 5.91 Å². The van der Waals surface area contributed by atoms with Gasteiger partial charge in [-0.1, -0.05) is 12.1 Å². The van der Waals surface area contributed by atoms with Crippen LogP contribution in [-0.4, -0.2) is 24.7 Å². The van der Waals surface area contributed by atoms with Crippen LogP contribution in [0.4, 0.5) is 5.69 Å². The molecule has 1 heterocycles. The number of nitrogens with one attached hydrogen (secondary N) is 1. The fourth-order valence-electron chi connectivity index (χ4n) is 1.88. The third-order valence-electron chi connectivity index (χ3n) is 2.63. The molecule has 0 aliphatic carbocycles. The van der Waals surface area contributed by atoms with Gasteiger partial charge in [0.25, 0.3) is 0 Å². The number of para-hydroxylation sites is 1. The molecule has 80 valence electrons. The molecule has 1 aliphatic rings. The van der Waals surface area contributed by atoms with Gasteiger partial charge >= 0.3 is 0 Å². The lowest BCUT2D eigenvalue weighted by atomic mass is 9.91. The van der Waals surface area contributed by atoms with Crippen LogP contribution >= 0.6 is 0 Å². The Hall–Kier alpha value is -1.55. The lowest BCUT2D eigenvalue weighted by molar-refractivity contribution is -0.117. The highest BCUT2D eigenvalue weighted by atomic mass is 16.5. The van der Waals surface area contributed by atoms with E-state index in [0.717, 1.165) is 5.56 Å². The van der Waals surface area contributed by atoms with Gasteiger partial charge in [0.15, 0.2) is 0 Å². The molecular formula is C11H13NO3. The SMILES string of the molecule is COc1cccc2c1NC(=O)CC2CO. The zero-order valence-electron chi connectivity index (χ0n) is 8.49. The van der Waals surface area contributed by atoms with E-state index in [1.807, 2.05) is 12.1 Å². The number of benzene rings is 1. The van der Waals surface area contributed by atoms with E-state index in [1.165, 1.54) is 0 Å². The molecule has 0 saturated heterocycles. The highest BCUT2D eigenvalue weighted by Crippen LogP contribution is 2.37. The van der Waals surface area contributed by atoms with Gasteiger partial charge in [0.1, 0.15) is 5.75 Å². The van der Waals surface area contributed by atoms with Crippen LogP contribution in [-0.2, 0) is 4.79 Å². The molecule has 1 aromatic carbocycles. The number of hydrogen-bond acceptors (Lipinski definition) is 3. The number of amides is 1. The summed E-state index contributed by atoms with van der Waals surface area (Å²) in [4.78, 5) is 11.4. The Balaban J connectivity index is 2.49. The Morgan fingerprint density at radius 3 is 3.07 bits per heavy atom. The summed E-state index contributed by atoms with van der Waals surface area (Å²) in [6.45, 7) is -0.0203. The molecule has 4 nitrogen and oxygen atoms in total. The smallest absolute Gasteiger partial charge is 0.225 e. The van der Waals surface area contributed by atoms with Gasteiger partial charge in [-0.25, -0.2) is 0 Å². The van der Waals surface area contributed by atoms with Gasteiger partial charge < -0.3 is 15.2 Å². The van der Waals surface area contributed by atoms with Crippen molar-refractivity contribution in [3.63, 3.8) is 0 Å². The van der Waals surface area contributed by atoms with E-state index in [-0.39, 0.29) is 18.4 Å². The van der Waals surface area contributed by atoms with Gasteiger partial charge in [-0.3, -0.25) is 4.79 Å². The predicted molar refractivity (Wildman–Crippen MR) is 56.1 cm³/mol. The Kier molecular flexibility index (Phi) is 2.60. The first kappa shape index (κ1) is 9.98. The molecule has 0 spiro atoms. The van der Waals surface area contributed by atoms with Gasteiger partial charge in [-0.15, -0.1) is 0 Å². The first-order valence-electron chi connectivity index (χ1n) is 4.84. The van der Waals surface area contributed by atoms with Crippen LogP contribution in [0.2, 0.25) is 0 Å². The van der Waals surface area contributed by atoms with Gasteiger partial charge in [0.05, 0.1) is 19.4 Å². The summed E-state index contributed by atoms with van der Waals surface area (Å²) < 4.78 is 5.16. The summed E-state index contributed by atoms with van der Waals surface area (Å²) in [7, 11) is 1.56. The predicted octanol–water partition coefficient (Wildman–Crippen LogP) is 1.11. The summed E-state index contributed by atoms with van der Waals surface area (Å²) in [6, 6.07) is 5.55. The molecule has 4 heteroatoms. The maximum Gasteiger partial charge on any atom is 0.225 e. The Morgan fingerprint density at radius 1 is 1.60 bits per heavy atom. The van der Waals surface area contributed by atoms with E-state index >= 15 is 0 Å². The van der Waals surface area contributed by atoms with E-state index in [4.69, 9.17) is 4.74 Å². The van der Waals surface area contributed by atoms with Crippen LogP contribution < -0.4 is 10.1 Å². The third-order valence-corrected chi connectivity index (χ3v) is 2.63. The van der Waals surface area contributed by atoms with Gasteiger partial charge in [-0.05, 0) is 11.6 Å². The minimum atomic E-state index is -0.121. The number of carbonyl (C=O) groups is 1. The van der Waals surface area contributed by atoms with Gasteiger partial charge in [-0.2, -0.15) is 0 Å². The number of rotatable bonds is 2. The molecule has 2 rings (SSSR count). The number of anilines is 1. The quantitative estimate of drug-likeness (QED) is 0.763. The van der Waals surface area contributed by atoms with E-state index in [0.29, 0.717) is 17.9 Å². The van der Waals surface area contributed by atoms with Crippen LogP contribution in [0.25, 0.3) is 0 Å². The molecule has 1 amide bonds. The van der Waals surface area contributed by atoms with E-state index in [1.54, 1.807) is 13.2 Å². The summed E-state index contributed by atoms with van der Waals surface area (Å²) in [5.74, 6) is 0.439. The summed E-state index contributed by atoms with van der Waals surface area (Å²) in [5, 5.41) is 12.0. The maximum absolute atomic E-state index is 11.4. The average molecular weight is 207 g/mol. The Morgan fingerprint density at radius 2 is 2.40 bits per heavy atom. The standard InChI is InChI=1S/C11H13NO3/c1-15-9-4-2-3-8-7(6-13)5-10(14)12-11(8)9/h2-4,7,13H,5-6H2,1H3,(H,12,14). The number of ether oxygens (including phenoxy) is 1. The van der Waals surface area contributed by atoms with Gasteiger partial charge in [0, 0.05) is 12.3 Å². The van der Waals surface area contributed by atoms with Crippen molar-refractivity contribution in [2.75, 3.05) is 19.0 Å². The van der Waals surface area contributed by atoms with Crippen molar-refractivity contribution in [3.05, 3.63) is 23.8 Å². The number of aliphatic hydroxyl groups is 1. The molecule has 0 radical (unpaired) electrons. The summed E-state index contributed by atoms with van der Waals surface area (Å²) in [5.41, 5.74) is 1.63. The van der Waals surface area contributed by atoms with Crippen molar-refractivity contribution >= 4 is 11.6 Å². The molecule has 1 unspecified atom stereocenters. The van der Waals surface area contributed by atoms with Crippen LogP contribution in [0.1, 0.15) is 17.9 Å². The number of hydrogen-bond donors (Lipinski definition) is 2. The molecule has 1 aliphatic heterocycles. The Labute approximate surface area is 87.9 Å². The first-order valence-corrected chi connectivity index (χ1v) is 4.84. The lowest BCUT2D eigenvalue weighted by Gasteiger charge is -2.25. The monoisotopic (exact) mass is 207 g/mol. The molecule has 0 bridgehead atoms. The molecule has 15 heavy (non-hydrogen) atoms. The van der Waals surface area contributed by atoms with Crippen molar-refractivity contribution < 1.29 is 14.6 Å². The minimum absolute atomic E-state index is 0.0203. The largest absolute Gasteiger partial charge is 0.495 e. The zero-order valence-corrected chi connectivity index (χ0v) is 8.49. The van der Waals surface area contributed by atoms with E-state index in [9.17, 15) is 9.90 Å². The van der Waals surface area contributed by atoms with E-state index < -0.39 is 0 Å². The normalized spacial score (nSPS) is 19.3. The van der Waals surface area contributed by atoms with Crippen molar-refractivity contribution in [3.8, 4) is 5.75 Å². The highest BCUT2D eigenvalue weighted by molar-refractivity contribution is 5.96. The summed E-state index contributed by atoms with van der Waals surface area (Å²) in [6.07, 6.45) is 0.330. The first-order chi connectivity index (χ1) is 7.26. The summed E-state index contributed by atoms with van der Waals surface area (Å²) >= 11 is 0. The lowest BCUT2D eigenvalue weighted by Crippen LogP contribution is -2.25. The topological polar surface area (TPSA) is 58.6 Å². The van der Waals surface area contributed by atoms with Crippen molar-refractivity contribution in [2.24, 2.45) is 0 Å². The van der Waals surface area contributed by atoms with Crippen molar-refractivity contribution in [1.29, 1.82) is 0 Å². The van der Waals surface area contributed by atoms with E-state index in [2.05, 4.69) is 5.32 Å². The molecular weight excluding hydrogens is 194 g/mol.